The first-order chi connectivity index (χ1) is 12.2. The van der Waals surface area contributed by atoms with Gasteiger partial charge >= 0.3 is 0 Å². The first-order valence-electron chi connectivity index (χ1n) is 7.35. The van der Waals surface area contributed by atoms with Crippen LogP contribution in [0, 0.1) is 24.1 Å². The highest BCUT2D eigenvalue weighted by Crippen LogP contribution is 2.34. The summed E-state index contributed by atoms with van der Waals surface area (Å²) < 4.78 is 67.2. The summed E-state index contributed by atoms with van der Waals surface area (Å²) in [6, 6.07) is 7.30. The third kappa shape index (κ3) is 3.11. The predicted octanol–water partition coefficient (Wildman–Crippen LogP) is 4.23. The van der Waals surface area contributed by atoms with Crippen molar-refractivity contribution < 1.29 is 21.6 Å². The Bertz CT molecular complexity index is 1150. The molecule has 134 valence electrons. The molecule has 0 aliphatic carbocycles. The molecule has 0 fully saturated rings. The average Bonchev–Trinajstić information content (AvgIpc) is 3.03. The summed E-state index contributed by atoms with van der Waals surface area (Å²) in [6.07, 6.45) is -1.61. The first kappa shape index (κ1) is 17.8. The Balaban J connectivity index is 2.10. The molecular weight excluding hydrogens is 367 g/mol. The number of hydrogen-bond donors (Lipinski definition) is 2. The Morgan fingerprint density at radius 1 is 1.23 bits per heavy atom. The molecule has 0 atom stereocenters. The molecule has 2 aromatic carbocycles. The molecule has 0 aliphatic heterocycles. The zero-order valence-electron chi connectivity index (χ0n) is 13.3. The number of nitrogens with zero attached hydrogens (tertiary/aromatic N) is 1. The average molecular weight is 379 g/mol. The summed E-state index contributed by atoms with van der Waals surface area (Å²) in [5.74, 6) is -0.877. The van der Waals surface area contributed by atoms with Crippen LogP contribution >= 0.6 is 0 Å². The topological polar surface area (TPSA) is 85.8 Å². The quantitative estimate of drug-likeness (QED) is 0.711. The van der Waals surface area contributed by atoms with E-state index in [4.69, 9.17) is 5.26 Å². The summed E-state index contributed by atoms with van der Waals surface area (Å²) in [4.78, 5) is 2.21. The van der Waals surface area contributed by atoms with Crippen molar-refractivity contribution in [2.24, 2.45) is 0 Å². The third-order valence-electron chi connectivity index (χ3n) is 3.86. The lowest BCUT2D eigenvalue weighted by molar-refractivity contribution is 0.153. The summed E-state index contributed by atoms with van der Waals surface area (Å²) in [5, 5.41) is 9.08. The van der Waals surface area contributed by atoms with Crippen LogP contribution < -0.4 is 4.72 Å². The first-order valence-corrected chi connectivity index (χ1v) is 8.83. The van der Waals surface area contributed by atoms with Crippen molar-refractivity contribution in [2.75, 3.05) is 4.72 Å². The van der Waals surface area contributed by atoms with Crippen LogP contribution in [0.25, 0.3) is 10.9 Å². The van der Waals surface area contributed by atoms with E-state index in [1.165, 1.54) is 12.1 Å². The Kier molecular flexibility index (Phi) is 4.38. The van der Waals surface area contributed by atoms with Crippen molar-refractivity contribution in [3.63, 3.8) is 0 Å². The number of nitriles is 1. The minimum Gasteiger partial charge on any atom is -0.359 e. The maximum absolute atomic E-state index is 13.5. The van der Waals surface area contributed by atoms with Gasteiger partial charge in [-0.15, -0.1) is 0 Å². The third-order valence-corrected chi connectivity index (χ3v) is 5.21. The number of H-pyrrole nitrogens is 1. The fourth-order valence-electron chi connectivity index (χ4n) is 2.69. The van der Waals surface area contributed by atoms with Gasteiger partial charge in [-0.2, -0.15) is 5.26 Å². The van der Waals surface area contributed by atoms with Crippen molar-refractivity contribution in [3.05, 3.63) is 59.0 Å². The van der Waals surface area contributed by atoms with Gasteiger partial charge in [0.2, 0.25) is 0 Å². The number of benzene rings is 2. The number of sulfonamides is 1. The van der Waals surface area contributed by atoms with Crippen LogP contribution in [0.15, 0.2) is 41.4 Å². The standard InChI is InChI=1S/C17H12F3N3O2S/c1-9-2-3-14(16-15(9)13(8-22-16)17(19)20)23-26(24,25)12-5-10(7-21)4-11(18)6-12/h2-6,8,17,22-23H,1H3. The maximum Gasteiger partial charge on any atom is 0.265 e. The molecule has 1 heterocycles. The minimum atomic E-state index is -4.23. The van der Waals surface area contributed by atoms with Crippen LogP contribution in [0.2, 0.25) is 0 Å². The highest BCUT2D eigenvalue weighted by atomic mass is 32.2. The van der Waals surface area contributed by atoms with Crippen molar-refractivity contribution in [1.82, 2.24) is 4.98 Å². The minimum absolute atomic E-state index is 0.0419. The lowest BCUT2D eigenvalue weighted by atomic mass is 10.1. The Hall–Kier alpha value is -2.99. The number of aryl methyl sites for hydroxylation is 1. The van der Waals surface area contributed by atoms with Gasteiger partial charge in [-0.3, -0.25) is 4.72 Å². The van der Waals surface area contributed by atoms with E-state index in [2.05, 4.69) is 9.71 Å². The molecule has 0 aliphatic rings. The zero-order valence-corrected chi connectivity index (χ0v) is 14.2. The Labute approximate surface area is 147 Å². The molecule has 9 heteroatoms. The van der Waals surface area contributed by atoms with Gasteiger partial charge < -0.3 is 4.98 Å². The van der Waals surface area contributed by atoms with Crippen molar-refractivity contribution in [2.45, 2.75) is 18.2 Å². The highest BCUT2D eigenvalue weighted by Gasteiger charge is 2.21. The zero-order chi connectivity index (χ0) is 19.1. The van der Waals surface area contributed by atoms with Crippen LogP contribution in [0.5, 0.6) is 0 Å². The molecule has 0 unspecified atom stereocenters. The van der Waals surface area contributed by atoms with Gasteiger partial charge in [-0.1, -0.05) is 6.07 Å². The second-order valence-electron chi connectivity index (χ2n) is 5.62. The van der Waals surface area contributed by atoms with Gasteiger partial charge in [0.15, 0.2) is 0 Å². The van der Waals surface area contributed by atoms with Gasteiger partial charge in [-0.25, -0.2) is 21.6 Å². The van der Waals surface area contributed by atoms with E-state index in [9.17, 15) is 21.6 Å². The molecule has 26 heavy (non-hydrogen) atoms. The number of rotatable bonds is 4. The molecule has 0 amide bonds. The van der Waals surface area contributed by atoms with Crippen molar-refractivity contribution in [3.8, 4) is 6.07 Å². The number of aromatic amines is 1. The Morgan fingerprint density at radius 2 is 1.96 bits per heavy atom. The lowest BCUT2D eigenvalue weighted by Gasteiger charge is -2.11. The van der Waals surface area contributed by atoms with E-state index in [1.807, 2.05) is 0 Å². The predicted molar refractivity (Wildman–Crippen MR) is 89.9 cm³/mol. The van der Waals surface area contributed by atoms with Crippen LogP contribution in [0.1, 0.15) is 23.1 Å². The summed E-state index contributed by atoms with van der Waals surface area (Å²) in [7, 11) is -4.23. The van der Waals surface area contributed by atoms with E-state index in [0.717, 1.165) is 24.4 Å². The smallest absolute Gasteiger partial charge is 0.265 e. The lowest BCUT2D eigenvalue weighted by Crippen LogP contribution is -2.14. The molecule has 0 bridgehead atoms. The van der Waals surface area contributed by atoms with E-state index < -0.39 is 27.2 Å². The molecule has 0 saturated heterocycles. The van der Waals surface area contributed by atoms with E-state index in [0.29, 0.717) is 5.56 Å². The van der Waals surface area contributed by atoms with Gasteiger partial charge in [0.1, 0.15) is 5.82 Å². The van der Waals surface area contributed by atoms with Gasteiger partial charge in [0, 0.05) is 17.1 Å². The molecule has 0 spiro atoms. The number of anilines is 1. The van der Waals surface area contributed by atoms with Gasteiger partial charge in [0.05, 0.1) is 27.7 Å². The maximum atomic E-state index is 13.5. The van der Waals surface area contributed by atoms with Crippen molar-refractivity contribution >= 4 is 26.6 Å². The second kappa shape index (κ2) is 6.38. The molecule has 0 saturated carbocycles. The fourth-order valence-corrected chi connectivity index (χ4v) is 3.82. The number of nitrogens with one attached hydrogen (secondary N) is 2. The molecule has 5 nitrogen and oxygen atoms in total. The second-order valence-corrected chi connectivity index (χ2v) is 7.30. The summed E-state index contributed by atoms with van der Waals surface area (Å²) >= 11 is 0. The Morgan fingerprint density at radius 3 is 2.62 bits per heavy atom. The van der Waals surface area contributed by atoms with E-state index >= 15 is 0 Å². The summed E-state index contributed by atoms with van der Waals surface area (Å²) in [6.45, 7) is 1.63. The molecule has 0 radical (unpaired) electrons. The number of halogens is 3. The number of hydrogen-bond acceptors (Lipinski definition) is 3. The fraction of sp³-hybridized carbons (Fsp3) is 0.118. The summed E-state index contributed by atoms with van der Waals surface area (Å²) in [5.41, 5.74) is 0.397. The molecule has 2 N–H and O–H groups in total. The normalized spacial score (nSPS) is 11.7. The number of alkyl halides is 2. The van der Waals surface area contributed by atoms with Crippen LogP contribution in [-0.4, -0.2) is 13.4 Å². The van der Waals surface area contributed by atoms with E-state index in [1.54, 1.807) is 13.0 Å². The number of fused-ring (bicyclic) bond motifs is 1. The monoisotopic (exact) mass is 379 g/mol. The highest BCUT2D eigenvalue weighted by molar-refractivity contribution is 7.92. The largest absolute Gasteiger partial charge is 0.359 e. The van der Waals surface area contributed by atoms with Crippen LogP contribution in [-0.2, 0) is 10.0 Å². The van der Waals surface area contributed by atoms with Crippen LogP contribution in [0.4, 0.5) is 18.9 Å². The van der Waals surface area contributed by atoms with E-state index in [-0.39, 0.29) is 27.7 Å². The molecule has 1 aromatic heterocycles. The SMILES string of the molecule is Cc1ccc(NS(=O)(=O)c2cc(F)cc(C#N)c2)c2[nH]cc(C(F)F)c12. The molecule has 3 aromatic rings. The molecule has 3 rings (SSSR count). The number of aromatic nitrogens is 1. The van der Waals surface area contributed by atoms with Crippen molar-refractivity contribution in [1.29, 1.82) is 5.26 Å². The van der Waals surface area contributed by atoms with Gasteiger partial charge in [0.25, 0.3) is 16.4 Å². The van der Waals surface area contributed by atoms with Gasteiger partial charge in [-0.05, 0) is 36.8 Å². The molecular formula is C17H12F3N3O2S. The van der Waals surface area contributed by atoms with Crippen LogP contribution in [0.3, 0.4) is 0 Å².